The van der Waals surface area contributed by atoms with E-state index in [1.54, 1.807) is 0 Å². The van der Waals surface area contributed by atoms with E-state index in [1.165, 1.54) is 25.7 Å². The maximum atomic E-state index is 5.96. The lowest BCUT2D eigenvalue weighted by molar-refractivity contribution is 0.439. The molecule has 2 bridgehead atoms. The van der Waals surface area contributed by atoms with Crippen molar-refractivity contribution in [1.29, 1.82) is 0 Å². The van der Waals surface area contributed by atoms with Crippen molar-refractivity contribution in [2.24, 2.45) is 11.8 Å². The molecule has 4 nitrogen and oxygen atoms in total. The molecule has 21 heavy (non-hydrogen) atoms. The van der Waals surface area contributed by atoms with Crippen LogP contribution < -0.4 is 11.1 Å². The highest BCUT2D eigenvalue weighted by molar-refractivity contribution is 5.60. The van der Waals surface area contributed by atoms with Crippen molar-refractivity contribution in [2.45, 2.75) is 31.7 Å². The second kappa shape index (κ2) is 5.02. The highest BCUT2D eigenvalue weighted by atomic mass is 15.1. The number of nitrogens with two attached hydrogens (primary N) is 1. The Morgan fingerprint density at radius 1 is 1.05 bits per heavy atom. The molecule has 2 aliphatic rings. The molecule has 3 N–H and O–H groups in total. The van der Waals surface area contributed by atoms with Crippen LogP contribution in [0.1, 0.15) is 25.7 Å². The standard InChI is InChI=1S/C17H20N4/c18-15-10-16(19-14-9-11-6-7-13(14)8-11)21-17(20-15)12-4-2-1-3-5-12/h1-5,10-11,13-14H,6-9H2,(H3,18,19,20,21). The summed E-state index contributed by atoms with van der Waals surface area (Å²) in [6.07, 6.45) is 5.41. The van der Waals surface area contributed by atoms with Gasteiger partial charge >= 0.3 is 0 Å². The Morgan fingerprint density at radius 3 is 2.62 bits per heavy atom. The smallest absolute Gasteiger partial charge is 0.163 e. The fourth-order valence-corrected chi connectivity index (χ4v) is 3.87. The molecule has 3 atom stereocenters. The van der Waals surface area contributed by atoms with Crippen molar-refractivity contribution in [3.05, 3.63) is 36.4 Å². The van der Waals surface area contributed by atoms with Crippen LogP contribution in [0, 0.1) is 11.8 Å². The van der Waals surface area contributed by atoms with Crippen molar-refractivity contribution in [3.63, 3.8) is 0 Å². The zero-order chi connectivity index (χ0) is 14.2. The monoisotopic (exact) mass is 280 g/mol. The molecule has 0 spiro atoms. The summed E-state index contributed by atoms with van der Waals surface area (Å²) >= 11 is 0. The van der Waals surface area contributed by atoms with Gasteiger partial charge in [0.2, 0.25) is 0 Å². The molecule has 4 heteroatoms. The van der Waals surface area contributed by atoms with E-state index < -0.39 is 0 Å². The van der Waals surface area contributed by atoms with Gasteiger partial charge in [0.1, 0.15) is 11.6 Å². The molecule has 2 saturated carbocycles. The predicted molar refractivity (Wildman–Crippen MR) is 84.7 cm³/mol. The molecule has 0 saturated heterocycles. The summed E-state index contributed by atoms with van der Waals surface area (Å²) in [5.41, 5.74) is 6.96. The van der Waals surface area contributed by atoms with Crippen molar-refractivity contribution >= 4 is 11.6 Å². The van der Waals surface area contributed by atoms with Crippen molar-refractivity contribution in [2.75, 3.05) is 11.1 Å². The van der Waals surface area contributed by atoms with E-state index in [-0.39, 0.29) is 0 Å². The number of nitrogens with one attached hydrogen (secondary N) is 1. The minimum atomic E-state index is 0.523. The van der Waals surface area contributed by atoms with Gasteiger partial charge < -0.3 is 11.1 Å². The molecular weight excluding hydrogens is 260 g/mol. The molecule has 108 valence electrons. The Bertz CT molecular complexity index is 640. The summed E-state index contributed by atoms with van der Waals surface area (Å²) in [6.45, 7) is 0. The number of hydrogen-bond donors (Lipinski definition) is 2. The van der Waals surface area contributed by atoms with Crippen LogP contribution in [0.5, 0.6) is 0 Å². The highest BCUT2D eigenvalue weighted by Crippen LogP contribution is 2.45. The molecule has 1 aromatic carbocycles. The summed E-state index contributed by atoms with van der Waals surface area (Å²) < 4.78 is 0. The third-order valence-corrected chi connectivity index (χ3v) is 4.85. The summed E-state index contributed by atoms with van der Waals surface area (Å²) in [5.74, 6) is 3.81. The van der Waals surface area contributed by atoms with Gasteiger partial charge in [-0.1, -0.05) is 36.8 Å². The van der Waals surface area contributed by atoms with Gasteiger partial charge in [-0.15, -0.1) is 0 Å². The first-order chi connectivity index (χ1) is 10.3. The van der Waals surface area contributed by atoms with Crippen LogP contribution in [0.4, 0.5) is 11.6 Å². The lowest BCUT2D eigenvalue weighted by Crippen LogP contribution is -2.26. The molecule has 2 aliphatic carbocycles. The van der Waals surface area contributed by atoms with E-state index in [4.69, 9.17) is 5.73 Å². The Hall–Kier alpha value is -2.10. The zero-order valence-electron chi connectivity index (χ0n) is 12.0. The van der Waals surface area contributed by atoms with E-state index in [2.05, 4.69) is 15.3 Å². The summed E-state index contributed by atoms with van der Waals surface area (Å²) in [6, 6.07) is 12.4. The molecule has 1 heterocycles. The normalized spacial score (nSPS) is 27.0. The fraction of sp³-hybridized carbons (Fsp3) is 0.412. The molecule has 0 radical (unpaired) electrons. The zero-order valence-corrected chi connectivity index (χ0v) is 12.0. The van der Waals surface area contributed by atoms with Gasteiger partial charge in [-0.25, -0.2) is 9.97 Å². The van der Waals surface area contributed by atoms with Gasteiger partial charge in [0.15, 0.2) is 5.82 Å². The molecule has 3 unspecified atom stereocenters. The number of benzene rings is 1. The summed E-state index contributed by atoms with van der Waals surface area (Å²) in [7, 11) is 0. The average molecular weight is 280 g/mol. The number of hydrogen-bond acceptors (Lipinski definition) is 4. The van der Waals surface area contributed by atoms with E-state index in [9.17, 15) is 0 Å². The largest absolute Gasteiger partial charge is 0.384 e. The van der Waals surface area contributed by atoms with Crippen LogP contribution in [0.15, 0.2) is 36.4 Å². The first kappa shape index (κ1) is 12.6. The van der Waals surface area contributed by atoms with E-state index in [1.807, 2.05) is 36.4 Å². The topological polar surface area (TPSA) is 63.8 Å². The highest BCUT2D eigenvalue weighted by Gasteiger charge is 2.39. The minimum absolute atomic E-state index is 0.523. The van der Waals surface area contributed by atoms with Gasteiger partial charge in [0.25, 0.3) is 0 Å². The van der Waals surface area contributed by atoms with Crippen LogP contribution in [0.25, 0.3) is 11.4 Å². The lowest BCUT2D eigenvalue weighted by Gasteiger charge is -2.23. The molecule has 1 aromatic heterocycles. The number of fused-ring (bicyclic) bond motifs is 2. The maximum absolute atomic E-state index is 5.96. The van der Waals surface area contributed by atoms with Crippen LogP contribution in [-0.2, 0) is 0 Å². The van der Waals surface area contributed by atoms with Crippen LogP contribution >= 0.6 is 0 Å². The SMILES string of the molecule is Nc1cc(NC2CC3CCC2C3)nc(-c2ccccc2)n1. The Kier molecular flexibility index (Phi) is 3.02. The van der Waals surface area contributed by atoms with Crippen molar-refractivity contribution < 1.29 is 0 Å². The van der Waals surface area contributed by atoms with Crippen LogP contribution in [0.2, 0.25) is 0 Å². The van der Waals surface area contributed by atoms with Crippen LogP contribution in [0.3, 0.4) is 0 Å². The molecular formula is C17H20N4. The Balaban J connectivity index is 1.59. The number of nitrogen functional groups attached to an aromatic ring is 1. The summed E-state index contributed by atoms with van der Waals surface area (Å²) in [5, 5.41) is 3.59. The molecule has 4 rings (SSSR count). The number of aromatic nitrogens is 2. The van der Waals surface area contributed by atoms with Crippen molar-refractivity contribution in [3.8, 4) is 11.4 Å². The minimum Gasteiger partial charge on any atom is -0.384 e. The van der Waals surface area contributed by atoms with E-state index in [0.29, 0.717) is 17.7 Å². The average Bonchev–Trinajstić information content (AvgIpc) is 3.10. The molecule has 0 aliphatic heterocycles. The fourth-order valence-electron chi connectivity index (χ4n) is 3.87. The van der Waals surface area contributed by atoms with E-state index >= 15 is 0 Å². The second-order valence-electron chi connectivity index (χ2n) is 6.29. The maximum Gasteiger partial charge on any atom is 0.163 e. The van der Waals surface area contributed by atoms with E-state index in [0.717, 1.165) is 23.2 Å². The van der Waals surface area contributed by atoms with Gasteiger partial charge in [-0.3, -0.25) is 0 Å². The summed E-state index contributed by atoms with van der Waals surface area (Å²) in [4.78, 5) is 9.00. The quantitative estimate of drug-likeness (QED) is 0.905. The second-order valence-corrected chi connectivity index (χ2v) is 6.29. The third kappa shape index (κ3) is 2.46. The first-order valence-corrected chi connectivity index (χ1v) is 7.74. The van der Waals surface area contributed by atoms with Gasteiger partial charge in [0, 0.05) is 17.7 Å². The number of rotatable bonds is 3. The van der Waals surface area contributed by atoms with Gasteiger partial charge in [0.05, 0.1) is 0 Å². The molecule has 0 amide bonds. The number of nitrogens with zero attached hydrogens (tertiary/aromatic N) is 2. The van der Waals surface area contributed by atoms with Gasteiger partial charge in [-0.2, -0.15) is 0 Å². The third-order valence-electron chi connectivity index (χ3n) is 4.85. The Labute approximate surface area is 124 Å². The molecule has 2 fully saturated rings. The predicted octanol–water partition coefficient (Wildman–Crippen LogP) is 3.33. The Morgan fingerprint density at radius 2 is 1.90 bits per heavy atom. The number of anilines is 2. The lowest BCUT2D eigenvalue weighted by atomic mass is 9.95. The molecule has 2 aromatic rings. The van der Waals surface area contributed by atoms with Crippen LogP contribution in [-0.4, -0.2) is 16.0 Å². The van der Waals surface area contributed by atoms with Crippen molar-refractivity contribution in [1.82, 2.24) is 9.97 Å². The first-order valence-electron chi connectivity index (χ1n) is 7.74. The van der Waals surface area contributed by atoms with Gasteiger partial charge in [-0.05, 0) is 31.1 Å².